The van der Waals surface area contributed by atoms with E-state index in [2.05, 4.69) is 11.8 Å². The van der Waals surface area contributed by atoms with E-state index in [0.29, 0.717) is 19.4 Å². The van der Waals surface area contributed by atoms with Crippen LogP contribution in [0.5, 0.6) is 0 Å². The molecule has 13 atom stereocenters. The van der Waals surface area contributed by atoms with E-state index in [4.69, 9.17) is 18.9 Å². The molecule has 32 heavy (non-hydrogen) atoms. The molecule has 0 aromatic rings. The van der Waals surface area contributed by atoms with Gasteiger partial charge in [-0.2, -0.15) is 0 Å². The van der Waals surface area contributed by atoms with Gasteiger partial charge in [0.2, 0.25) is 0 Å². The summed E-state index contributed by atoms with van der Waals surface area (Å²) in [5.74, 6) is -0.241. The third-order valence-corrected chi connectivity index (χ3v) is 11.6. The van der Waals surface area contributed by atoms with E-state index in [-0.39, 0.29) is 48.0 Å². The zero-order valence-electron chi connectivity index (χ0n) is 19.3. The maximum atomic E-state index is 12.3. The summed E-state index contributed by atoms with van der Waals surface area (Å²) in [5, 5.41) is 35.9. The number of rotatable bonds is 4. The SMILES string of the molecule is CCN1C[C@]2(COC)CC[C@H](O)[C@@]34C1[C@]1(OCO[C@@]15C[C@H](OC)[C@H]1C[C@@H]3[C@@H]5[C@H]1O)[C@@H](O)[C@H]24. The molecule has 0 aromatic heterocycles. The molecule has 0 radical (unpaired) electrons. The van der Waals surface area contributed by atoms with Crippen molar-refractivity contribution in [2.45, 2.75) is 74.3 Å². The summed E-state index contributed by atoms with van der Waals surface area (Å²) in [6, 6.07) is -0.148. The number of methoxy groups -OCH3 is 2. The maximum Gasteiger partial charge on any atom is 0.148 e. The van der Waals surface area contributed by atoms with Crippen LogP contribution in [0.2, 0.25) is 0 Å². The van der Waals surface area contributed by atoms with E-state index in [1.165, 1.54) is 0 Å². The number of hydrogen-bond donors (Lipinski definition) is 3. The third-order valence-electron chi connectivity index (χ3n) is 11.6. The van der Waals surface area contributed by atoms with Gasteiger partial charge < -0.3 is 34.3 Å². The fourth-order valence-corrected chi connectivity index (χ4v) is 11.1. The van der Waals surface area contributed by atoms with E-state index in [1.807, 2.05) is 0 Å². The Hall–Kier alpha value is -0.320. The second kappa shape index (κ2) is 6.26. The summed E-state index contributed by atoms with van der Waals surface area (Å²) in [6.45, 7) is 4.47. The Morgan fingerprint density at radius 1 is 1.16 bits per heavy atom. The molecule has 7 rings (SSSR count). The van der Waals surface area contributed by atoms with Crippen molar-refractivity contribution in [3.63, 3.8) is 0 Å². The Bertz CT molecular complexity index is 828. The molecule has 7 fully saturated rings. The van der Waals surface area contributed by atoms with Gasteiger partial charge >= 0.3 is 0 Å². The van der Waals surface area contributed by atoms with Crippen molar-refractivity contribution < 1.29 is 34.3 Å². The smallest absolute Gasteiger partial charge is 0.148 e. The lowest BCUT2D eigenvalue weighted by atomic mass is 9.42. The number of piperidine rings is 1. The molecule has 180 valence electrons. The van der Waals surface area contributed by atoms with Gasteiger partial charge in [0.25, 0.3) is 0 Å². The number of aliphatic hydroxyl groups excluding tert-OH is 3. The van der Waals surface area contributed by atoms with Crippen molar-refractivity contribution in [3.05, 3.63) is 0 Å². The number of likely N-dealkylation sites (tertiary alicyclic amines) is 1. The quantitative estimate of drug-likeness (QED) is 0.549. The largest absolute Gasteiger partial charge is 0.392 e. The molecule has 2 aliphatic heterocycles. The van der Waals surface area contributed by atoms with Gasteiger partial charge in [0.05, 0.1) is 37.1 Å². The number of ether oxygens (including phenoxy) is 4. The first-order chi connectivity index (χ1) is 15.4. The predicted octanol–water partition coefficient (Wildman–Crippen LogP) is -0.0175. The van der Waals surface area contributed by atoms with Gasteiger partial charge in [-0.05, 0) is 31.7 Å². The van der Waals surface area contributed by atoms with Crippen LogP contribution in [-0.4, -0.2) is 103 Å². The Balaban J connectivity index is 1.55. The molecule has 2 heterocycles. The first-order valence-electron chi connectivity index (χ1n) is 12.5. The topological polar surface area (TPSA) is 101 Å². The van der Waals surface area contributed by atoms with Crippen LogP contribution in [0.4, 0.5) is 0 Å². The Labute approximate surface area is 189 Å². The van der Waals surface area contributed by atoms with Gasteiger partial charge in [-0.3, -0.25) is 4.90 Å². The van der Waals surface area contributed by atoms with Gasteiger partial charge in [-0.25, -0.2) is 0 Å². The highest BCUT2D eigenvalue weighted by molar-refractivity contribution is 5.42. The van der Waals surface area contributed by atoms with Crippen LogP contribution in [-0.2, 0) is 18.9 Å². The van der Waals surface area contributed by atoms with Gasteiger partial charge in [-0.15, -0.1) is 0 Å². The summed E-state index contributed by atoms with van der Waals surface area (Å²) in [7, 11) is 3.45. The molecule has 0 amide bonds. The van der Waals surface area contributed by atoms with Crippen LogP contribution < -0.4 is 0 Å². The average molecular weight is 452 g/mol. The molecule has 8 heteroatoms. The minimum Gasteiger partial charge on any atom is -0.392 e. The molecule has 0 aromatic carbocycles. The van der Waals surface area contributed by atoms with Crippen molar-refractivity contribution in [1.82, 2.24) is 4.90 Å². The number of fused-ring (bicyclic) bond motifs is 1. The van der Waals surface area contributed by atoms with Crippen LogP contribution in [0.15, 0.2) is 0 Å². The number of hydrogen-bond acceptors (Lipinski definition) is 8. The molecule has 3 spiro atoms. The van der Waals surface area contributed by atoms with E-state index in [9.17, 15) is 15.3 Å². The normalized spacial score (nSPS) is 64.1. The second-order valence-electron chi connectivity index (χ2n) is 11.8. The molecular weight excluding hydrogens is 414 g/mol. The van der Waals surface area contributed by atoms with E-state index in [1.54, 1.807) is 14.2 Å². The van der Waals surface area contributed by atoms with Crippen molar-refractivity contribution in [1.29, 1.82) is 0 Å². The monoisotopic (exact) mass is 451 g/mol. The van der Waals surface area contributed by atoms with Gasteiger partial charge in [0.15, 0.2) is 0 Å². The lowest BCUT2D eigenvalue weighted by Gasteiger charge is -2.69. The zero-order valence-corrected chi connectivity index (χ0v) is 19.3. The van der Waals surface area contributed by atoms with E-state index < -0.39 is 34.9 Å². The summed E-state index contributed by atoms with van der Waals surface area (Å²) in [4.78, 5) is 2.46. The summed E-state index contributed by atoms with van der Waals surface area (Å²) < 4.78 is 24.9. The van der Waals surface area contributed by atoms with Crippen LogP contribution in [0.3, 0.4) is 0 Å². The molecule has 7 aliphatic rings. The molecule has 2 saturated heterocycles. The van der Waals surface area contributed by atoms with Crippen LogP contribution >= 0.6 is 0 Å². The van der Waals surface area contributed by atoms with Crippen molar-refractivity contribution in [3.8, 4) is 0 Å². The zero-order chi connectivity index (χ0) is 22.3. The first kappa shape index (κ1) is 21.0. The highest BCUT2D eigenvalue weighted by Crippen LogP contribution is 2.81. The van der Waals surface area contributed by atoms with Crippen molar-refractivity contribution in [2.75, 3.05) is 40.7 Å². The third kappa shape index (κ3) is 1.79. The van der Waals surface area contributed by atoms with Gasteiger partial charge in [0.1, 0.15) is 18.0 Å². The Kier molecular flexibility index (Phi) is 4.11. The van der Waals surface area contributed by atoms with E-state index >= 15 is 0 Å². The predicted molar refractivity (Wildman–Crippen MR) is 112 cm³/mol. The molecule has 7 bridgehead atoms. The highest BCUT2D eigenvalue weighted by atomic mass is 16.7. The first-order valence-corrected chi connectivity index (χ1v) is 12.5. The Morgan fingerprint density at radius 3 is 2.69 bits per heavy atom. The number of aliphatic hydroxyl groups is 3. The fourth-order valence-electron chi connectivity index (χ4n) is 11.1. The maximum absolute atomic E-state index is 12.3. The minimum absolute atomic E-state index is 0.0227. The van der Waals surface area contributed by atoms with Gasteiger partial charge in [-0.1, -0.05) is 6.92 Å². The van der Waals surface area contributed by atoms with Crippen LogP contribution in [0.25, 0.3) is 0 Å². The molecule has 5 aliphatic carbocycles. The molecule has 3 N–H and O–H groups in total. The van der Waals surface area contributed by atoms with Crippen LogP contribution in [0, 0.1) is 34.5 Å². The molecule has 5 saturated carbocycles. The number of nitrogens with zero attached hydrogens (tertiary/aromatic N) is 1. The van der Waals surface area contributed by atoms with Crippen molar-refractivity contribution >= 4 is 0 Å². The average Bonchev–Trinajstić information content (AvgIpc) is 3.33. The lowest BCUT2D eigenvalue weighted by molar-refractivity contribution is -0.282. The van der Waals surface area contributed by atoms with Gasteiger partial charge in [0, 0.05) is 55.8 Å². The van der Waals surface area contributed by atoms with E-state index in [0.717, 1.165) is 25.9 Å². The highest BCUT2D eigenvalue weighted by Gasteiger charge is 2.93. The minimum atomic E-state index is -0.983. The summed E-state index contributed by atoms with van der Waals surface area (Å²) in [6.07, 6.45) is 0.868. The summed E-state index contributed by atoms with van der Waals surface area (Å²) >= 11 is 0. The number of likely N-dealkylation sites (N-methyl/N-ethyl adjacent to an activating group) is 1. The Morgan fingerprint density at radius 2 is 1.97 bits per heavy atom. The molecule has 8 nitrogen and oxygen atoms in total. The standard InChI is InChI=1S/C24H37NO7/c1-4-25-9-21(10-29-2)6-5-15(26)23-13-7-12-14(30-3)8-22(16(13)17(12)27)24(20(23)25,32-11-31-22)19(28)18(21)23/h12-20,26-28H,4-11H2,1-3H3/t12-,13-,14+,15+,16-,17+,18-,19+,20?,21+,22-,23+,24-/m1/s1. The summed E-state index contributed by atoms with van der Waals surface area (Å²) in [5.41, 5.74) is -2.60. The lowest BCUT2D eigenvalue weighted by Crippen LogP contribution is -2.81. The molecular formula is C24H37NO7. The van der Waals surface area contributed by atoms with Crippen LogP contribution in [0.1, 0.15) is 32.6 Å². The fraction of sp³-hybridized carbons (Fsp3) is 1.00. The van der Waals surface area contributed by atoms with Crippen molar-refractivity contribution in [2.24, 2.45) is 34.5 Å². The second-order valence-corrected chi connectivity index (χ2v) is 11.8. The molecule has 1 unspecified atom stereocenters.